The summed E-state index contributed by atoms with van der Waals surface area (Å²) >= 11 is 0. The summed E-state index contributed by atoms with van der Waals surface area (Å²) in [6.45, 7) is 9.37. The Bertz CT molecular complexity index is 895. The first-order chi connectivity index (χ1) is 12.9. The molecule has 1 saturated heterocycles. The minimum Gasteiger partial charge on any atom is -0.338 e. The maximum Gasteiger partial charge on any atom is 0.272 e. The summed E-state index contributed by atoms with van der Waals surface area (Å²) in [5, 5.41) is 3.00. The molecule has 1 saturated carbocycles. The molecule has 1 atom stereocenters. The summed E-state index contributed by atoms with van der Waals surface area (Å²) in [6.07, 6.45) is 3.05. The molecule has 146 valence electrons. The molecule has 2 aromatic rings. The Morgan fingerprint density at radius 1 is 1.26 bits per heavy atom. The first kappa shape index (κ1) is 18.2. The van der Waals surface area contributed by atoms with Crippen LogP contribution in [0.25, 0.3) is 5.65 Å². The van der Waals surface area contributed by atoms with Gasteiger partial charge in [0, 0.05) is 56.5 Å². The van der Waals surface area contributed by atoms with Crippen LogP contribution in [0, 0.1) is 18.8 Å². The molecule has 7 heteroatoms. The van der Waals surface area contributed by atoms with Gasteiger partial charge in [-0.15, -0.1) is 0 Å². The Balaban J connectivity index is 1.55. The van der Waals surface area contributed by atoms with Gasteiger partial charge in [0.2, 0.25) is 5.91 Å². The molecule has 0 aromatic carbocycles. The predicted molar refractivity (Wildman–Crippen MR) is 104 cm³/mol. The molecule has 2 aliphatic rings. The van der Waals surface area contributed by atoms with Crippen molar-refractivity contribution in [1.29, 1.82) is 0 Å². The lowest BCUT2D eigenvalue weighted by Gasteiger charge is -2.34. The van der Waals surface area contributed by atoms with Gasteiger partial charge < -0.3 is 4.90 Å². The first-order valence-electron chi connectivity index (χ1n) is 10.0. The van der Waals surface area contributed by atoms with Gasteiger partial charge in [-0.3, -0.25) is 19.6 Å². The summed E-state index contributed by atoms with van der Waals surface area (Å²) in [7, 11) is 0. The number of rotatable bonds is 5. The van der Waals surface area contributed by atoms with E-state index < -0.39 is 0 Å². The quantitative estimate of drug-likeness (QED) is 0.870. The van der Waals surface area contributed by atoms with Crippen LogP contribution < -0.4 is 5.56 Å². The van der Waals surface area contributed by atoms with E-state index >= 15 is 0 Å². The lowest BCUT2D eigenvalue weighted by atomic mass is 10.0. The number of carbonyl (C=O) groups is 1. The van der Waals surface area contributed by atoms with Crippen molar-refractivity contribution in [1.82, 2.24) is 24.4 Å². The van der Waals surface area contributed by atoms with E-state index in [-0.39, 0.29) is 17.5 Å². The Kier molecular flexibility index (Phi) is 4.80. The summed E-state index contributed by atoms with van der Waals surface area (Å²) in [5.74, 6) is 1.37. The Labute approximate surface area is 159 Å². The molecule has 1 N–H and O–H groups in total. The molecule has 1 aliphatic carbocycles. The molecule has 2 fully saturated rings. The Hall–Kier alpha value is -2.15. The summed E-state index contributed by atoms with van der Waals surface area (Å²) in [5.41, 5.74) is 2.23. The number of carbonyl (C=O) groups excluding carboxylic acids is 1. The molecule has 0 spiro atoms. The highest BCUT2D eigenvalue weighted by molar-refractivity contribution is 5.77. The van der Waals surface area contributed by atoms with Crippen LogP contribution in [0.5, 0.6) is 0 Å². The van der Waals surface area contributed by atoms with Gasteiger partial charge in [0.25, 0.3) is 5.56 Å². The average molecular weight is 371 g/mol. The standard InChI is InChI=1S/C20H29N5O2/c1-13(2)17-12-23(7-6-19(26)24(17)10-15-4-5-15)11-16-9-20(27)25-18(21-16)8-14(3)22-25/h8-9,13,15,17,22H,4-7,10-12H2,1-3H3. The molecule has 0 radical (unpaired) electrons. The number of aryl methyl sites for hydroxylation is 1. The number of nitrogens with one attached hydrogen (secondary N) is 1. The highest BCUT2D eigenvalue weighted by Crippen LogP contribution is 2.32. The third-order valence-corrected chi connectivity index (χ3v) is 5.75. The number of aromatic amines is 1. The van der Waals surface area contributed by atoms with Crippen LogP contribution in [0.1, 0.15) is 44.5 Å². The van der Waals surface area contributed by atoms with Crippen LogP contribution in [0.4, 0.5) is 0 Å². The van der Waals surface area contributed by atoms with Gasteiger partial charge in [-0.05, 0) is 31.6 Å². The molecule has 3 heterocycles. The van der Waals surface area contributed by atoms with Crippen molar-refractivity contribution in [3.05, 3.63) is 33.9 Å². The van der Waals surface area contributed by atoms with E-state index in [9.17, 15) is 9.59 Å². The summed E-state index contributed by atoms with van der Waals surface area (Å²) in [4.78, 5) is 34.1. The first-order valence-corrected chi connectivity index (χ1v) is 10.0. The molecular formula is C20H29N5O2. The van der Waals surface area contributed by atoms with Gasteiger partial charge in [-0.2, -0.15) is 0 Å². The van der Waals surface area contributed by atoms with E-state index in [4.69, 9.17) is 0 Å². The average Bonchev–Trinajstić information content (AvgIpc) is 3.36. The van der Waals surface area contributed by atoms with E-state index in [1.807, 2.05) is 13.0 Å². The largest absolute Gasteiger partial charge is 0.338 e. The SMILES string of the molecule is Cc1cc2nc(CN3CCC(=O)N(CC4CC4)C(C(C)C)C3)cc(=O)n2[nH]1. The second-order valence-corrected chi connectivity index (χ2v) is 8.50. The summed E-state index contributed by atoms with van der Waals surface area (Å²) < 4.78 is 1.47. The number of hydrogen-bond donors (Lipinski definition) is 1. The van der Waals surface area contributed by atoms with Gasteiger partial charge in [-0.1, -0.05) is 13.8 Å². The number of amides is 1. The van der Waals surface area contributed by atoms with E-state index in [2.05, 4.69) is 33.7 Å². The fourth-order valence-corrected chi connectivity index (χ4v) is 4.04. The van der Waals surface area contributed by atoms with Crippen molar-refractivity contribution in [2.24, 2.45) is 11.8 Å². The van der Waals surface area contributed by atoms with E-state index in [0.717, 1.165) is 31.0 Å². The van der Waals surface area contributed by atoms with Crippen LogP contribution in [0.2, 0.25) is 0 Å². The fraction of sp³-hybridized carbons (Fsp3) is 0.650. The monoisotopic (exact) mass is 371 g/mol. The molecule has 7 nitrogen and oxygen atoms in total. The van der Waals surface area contributed by atoms with E-state index in [1.165, 1.54) is 17.4 Å². The lowest BCUT2D eigenvalue weighted by molar-refractivity contribution is -0.133. The van der Waals surface area contributed by atoms with E-state index in [0.29, 0.717) is 30.4 Å². The van der Waals surface area contributed by atoms with Crippen LogP contribution in [0.3, 0.4) is 0 Å². The van der Waals surface area contributed by atoms with Crippen molar-refractivity contribution >= 4 is 11.6 Å². The Morgan fingerprint density at radius 2 is 2.04 bits per heavy atom. The molecule has 1 amide bonds. The van der Waals surface area contributed by atoms with Crippen molar-refractivity contribution in [3.8, 4) is 0 Å². The highest BCUT2D eigenvalue weighted by Gasteiger charge is 2.35. The van der Waals surface area contributed by atoms with Gasteiger partial charge in [-0.25, -0.2) is 9.50 Å². The second kappa shape index (κ2) is 7.11. The lowest BCUT2D eigenvalue weighted by Crippen LogP contribution is -2.47. The normalized spacial score (nSPS) is 22.0. The maximum absolute atomic E-state index is 12.7. The molecule has 0 bridgehead atoms. The minimum atomic E-state index is -0.0928. The van der Waals surface area contributed by atoms with Crippen molar-refractivity contribution in [3.63, 3.8) is 0 Å². The predicted octanol–water partition coefficient (Wildman–Crippen LogP) is 1.80. The number of H-pyrrole nitrogens is 1. The zero-order valence-corrected chi connectivity index (χ0v) is 16.4. The van der Waals surface area contributed by atoms with Gasteiger partial charge in [0.1, 0.15) is 0 Å². The van der Waals surface area contributed by atoms with Crippen molar-refractivity contribution in [2.75, 3.05) is 19.6 Å². The summed E-state index contributed by atoms with van der Waals surface area (Å²) in [6, 6.07) is 3.70. The zero-order valence-electron chi connectivity index (χ0n) is 16.4. The third kappa shape index (κ3) is 3.93. The Morgan fingerprint density at radius 3 is 2.74 bits per heavy atom. The zero-order chi connectivity index (χ0) is 19.1. The van der Waals surface area contributed by atoms with Gasteiger partial charge in [0.15, 0.2) is 5.65 Å². The molecule has 1 aliphatic heterocycles. The van der Waals surface area contributed by atoms with Crippen LogP contribution in [-0.4, -0.2) is 56.0 Å². The van der Waals surface area contributed by atoms with Crippen molar-refractivity contribution in [2.45, 2.75) is 52.6 Å². The molecule has 27 heavy (non-hydrogen) atoms. The van der Waals surface area contributed by atoms with Gasteiger partial charge >= 0.3 is 0 Å². The molecular weight excluding hydrogens is 342 g/mol. The molecule has 2 aromatic heterocycles. The molecule has 4 rings (SSSR count). The van der Waals surface area contributed by atoms with Gasteiger partial charge in [0.05, 0.1) is 5.69 Å². The number of aromatic nitrogens is 3. The molecule has 1 unspecified atom stereocenters. The third-order valence-electron chi connectivity index (χ3n) is 5.75. The van der Waals surface area contributed by atoms with Crippen molar-refractivity contribution < 1.29 is 4.79 Å². The van der Waals surface area contributed by atoms with E-state index in [1.54, 1.807) is 6.07 Å². The second-order valence-electron chi connectivity index (χ2n) is 8.50. The number of hydrogen-bond acceptors (Lipinski definition) is 4. The smallest absolute Gasteiger partial charge is 0.272 e. The fourth-order valence-electron chi connectivity index (χ4n) is 4.04. The topological polar surface area (TPSA) is 73.7 Å². The van der Waals surface area contributed by atoms with Crippen LogP contribution >= 0.6 is 0 Å². The number of nitrogens with zero attached hydrogens (tertiary/aromatic N) is 4. The van der Waals surface area contributed by atoms with Crippen LogP contribution in [0.15, 0.2) is 16.9 Å². The maximum atomic E-state index is 12.7. The highest BCUT2D eigenvalue weighted by atomic mass is 16.2. The number of fused-ring (bicyclic) bond motifs is 1. The minimum absolute atomic E-state index is 0.0928. The van der Waals surface area contributed by atoms with Crippen LogP contribution in [-0.2, 0) is 11.3 Å².